The largest absolute Gasteiger partial charge is 0.319 e. The summed E-state index contributed by atoms with van der Waals surface area (Å²) in [4.78, 5) is 7.16. The SMILES string of the molecule is CC[C@@H]1N=C2SC=C(C(C)C)N2[C@H]1C. The first-order valence-electron chi connectivity index (χ1n) is 5.39. The summed E-state index contributed by atoms with van der Waals surface area (Å²) < 4.78 is 0. The van der Waals surface area contributed by atoms with Gasteiger partial charge in [-0.05, 0) is 24.7 Å². The molecule has 0 aliphatic carbocycles. The molecule has 3 heteroatoms. The first kappa shape index (κ1) is 10.1. The molecule has 0 aromatic carbocycles. The molecular weight excluding hydrogens is 192 g/mol. The molecule has 0 saturated heterocycles. The quantitative estimate of drug-likeness (QED) is 0.696. The van der Waals surface area contributed by atoms with Crippen molar-refractivity contribution in [3.63, 3.8) is 0 Å². The summed E-state index contributed by atoms with van der Waals surface area (Å²) in [6, 6.07) is 1.05. The summed E-state index contributed by atoms with van der Waals surface area (Å²) >= 11 is 1.79. The lowest BCUT2D eigenvalue weighted by molar-refractivity contribution is 0.355. The van der Waals surface area contributed by atoms with Gasteiger partial charge in [-0.3, -0.25) is 4.99 Å². The van der Waals surface area contributed by atoms with E-state index in [4.69, 9.17) is 4.99 Å². The summed E-state index contributed by atoms with van der Waals surface area (Å²) in [6.45, 7) is 9.01. The van der Waals surface area contributed by atoms with Crippen LogP contribution in [0.15, 0.2) is 16.1 Å². The number of hydrogen-bond acceptors (Lipinski definition) is 3. The molecule has 14 heavy (non-hydrogen) atoms. The first-order valence-corrected chi connectivity index (χ1v) is 6.26. The molecule has 0 unspecified atom stereocenters. The lowest BCUT2D eigenvalue weighted by Crippen LogP contribution is -2.35. The van der Waals surface area contributed by atoms with E-state index >= 15 is 0 Å². The van der Waals surface area contributed by atoms with Gasteiger partial charge >= 0.3 is 0 Å². The molecule has 0 bridgehead atoms. The van der Waals surface area contributed by atoms with E-state index in [0.29, 0.717) is 18.0 Å². The fourth-order valence-corrected chi connectivity index (χ4v) is 3.30. The van der Waals surface area contributed by atoms with Crippen LogP contribution in [-0.2, 0) is 0 Å². The van der Waals surface area contributed by atoms with Crippen LogP contribution in [0.1, 0.15) is 34.1 Å². The van der Waals surface area contributed by atoms with Gasteiger partial charge in [-0.25, -0.2) is 0 Å². The van der Waals surface area contributed by atoms with Crippen LogP contribution < -0.4 is 0 Å². The van der Waals surface area contributed by atoms with Crippen molar-refractivity contribution < 1.29 is 0 Å². The predicted molar refractivity (Wildman–Crippen MR) is 63.3 cm³/mol. The van der Waals surface area contributed by atoms with Gasteiger partial charge < -0.3 is 4.90 Å². The molecule has 0 radical (unpaired) electrons. The van der Waals surface area contributed by atoms with E-state index in [2.05, 4.69) is 38.0 Å². The number of allylic oxidation sites excluding steroid dienone is 1. The van der Waals surface area contributed by atoms with E-state index in [1.54, 1.807) is 11.8 Å². The van der Waals surface area contributed by atoms with E-state index in [9.17, 15) is 0 Å². The zero-order chi connectivity index (χ0) is 10.3. The third-order valence-electron chi connectivity index (χ3n) is 3.02. The number of rotatable bonds is 2. The number of amidine groups is 1. The van der Waals surface area contributed by atoms with Gasteiger partial charge in [0.15, 0.2) is 5.17 Å². The third kappa shape index (κ3) is 1.38. The highest BCUT2D eigenvalue weighted by atomic mass is 32.2. The van der Waals surface area contributed by atoms with Gasteiger partial charge in [0.2, 0.25) is 0 Å². The molecule has 2 aliphatic rings. The van der Waals surface area contributed by atoms with Crippen molar-refractivity contribution in [2.24, 2.45) is 10.9 Å². The lowest BCUT2D eigenvalue weighted by atomic mass is 10.1. The van der Waals surface area contributed by atoms with Gasteiger partial charge in [-0.2, -0.15) is 0 Å². The smallest absolute Gasteiger partial charge is 0.168 e. The fourth-order valence-electron chi connectivity index (χ4n) is 2.11. The van der Waals surface area contributed by atoms with Crippen molar-refractivity contribution in [1.29, 1.82) is 0 Å². The van der Waals surface area contributed by atoms with Gasteiger partial charge in [0.1, 0.15) is 0 Å². The highest BCUT2D eigenvalue weighted by Gasteiger charge is 2.37. The van der Waals surface area contributed by atoms with Crippen molar-refractivity contribution in [3.8, 4) is 0 Å². The molecule has 0 N–H and O–H groups in total. The minimum Gasteiger partial charge on any atom is -0.319 e. The first-order chi connectivity index (χ1) is 6.65. The standard InChI is InChI=1S/C11H18N2S/c1-5-9-8(4)13-10(7(2)3)6-14-11(13)12-9/h6-9H,5H2,1-4H3/t8-,9-/m0/s1. The van der Waals surface area contributed by atoms with Crippen molar-refractivity contribution in [3.05, 3.63) is 11.1 Å². The normalized spacial score (nSPS) is 30.8. The Hall–Kier alpha value is -0.440. The highest BCUT2D eigenvalue weighted by molar-refractivity contribution is 8.16. The van der Waals surface area contributed by atoms with E-state index < -0.39 is 0 Å². The molecule has 0 saturated carbocycles. The average molecular weight is 210 g/mol. The molecule has 0 amide bonds. The lowest BCUT2D eigenvalue weighted by Gasteiger charge is -2.27. The van der Waals surface area contributed by atoms with Gasteiger partial charge in [0.05, 0.1) is 12.1 Å². The second-order valence-corrected chi connectivity index (χ2v) is 5.15. The minimum absolute atomic E-state index is 0.500. The molecule has 0 spiro atoms. The molecule has 2 heterocycles. The number of fused-ring (bicyclic) bond motifs is 1. The Morgan fingerprint density at radius 1 is 1.57 bits per heavy atom. The van der Waals surface area contributed by atoms with Crippen molar-refractivity contribution in [2.75, 3.05) is 0 Å². The summed E-state index contributed by atoms with van der Waals surface area (Å²) in [5.74, 6) is 0.605. The average Bonchev–Trinajstić information content (AvgIpc) is 2.66. The van der Waals surface area contributed by atoms with Gasteiger partial charge in [0.25, 0.3) is 0 Å². The topological polar surface area (TPSA) is 15.6 Å². The van der Waals surface area contributed by atoms with Crippen molar-refractivity contribution in [2.45, 2.75) is 46.2 Å². The number of nitrogens with zero attached hydrogens (tertiary/aromatic N) is 2. The third-order valence-corrected chi connectivity index (χ3v) is 3.89. The molecule has 0 aromatic rings. The molecule has 2 nitrogen and oxygen atoms in total. The second-order valence-electron chi connectivity index (χ2n) is 4.31. The monoisotopic (exact) mass is 210 g/mol. The van der Waals surface area contributed by atoms with Crippen LogP contribution >= 0.6 is 11.8 Å². The number of hydrogen-bond donors (Lipinski definition) is 0. The number of aliphatic imine (C=N–C) groups is 1. The molecule has 0 aromatic heterocycles. The molecule has 78 valence electrons. The molecular formula is C11H18N2S. The second kappa shape index (κ2) is 3.61. The summed E-state index contributed by atoms with van der Waals surface area (Å²) in [5, 5.41) is 3.47. The van der Waals surface area contributed by atoms with E-state index in [1.165, 1.54) is 10.9 Å². The maximum absolute atomic E-state index is 4.74. The van der Waals surface area contributed by atoms with Crippen LogP contribution in [0, 0.1) is 5.92 Å². The maximum atomic E-state index is 4.74. The Morgan fingerprint density at radius 2 is 2.29 bits per heavy atom. The Bertz CT molecular complexity index is 294. The highest BCUT2D eigenvalue weighted by Crippen LogP contribution is 2.38. The van der Waals surface area contributed by atoms with Crippen molar-refractivity contribution >= 4 is 16.9 Å². The zero-order valence-electron chi connectivity index (χ0n) is 9.32. The Balaban J connectivity index is 2.22. The number of thioether (sulfide) groups is 1. The molecule has 2 atom stereocenters. The molecule has 2 aliphatic heterocycles. The van der Waals surface area contributed by atoms with Crippen LogP contribution in [0.25, 0.3) is 0 Å². The molecule has 2 rings (SSSR count). The van der Waals surface area contributed by atoms with Crippen LogP contribution in [0.4, 0.5) is 0 Å². The Morgan fingerprint density at radius 3 is 2.86 bits per heavy atom. The van der Waals surface area contributed by atoms with Crippen LogP contribution in [0.5, 0.6) is 0 Å². The van der Waals surface area contributed by atoms with Crippen LogP contribution in [-0.4, -0.2) is 22.2 Å². The summed E-state index contributed by atoms with van der Waals surface area (Å²) in [5.41, 5.74) is 1.44. The van der Waals surface area contributed by atoms with Crippen LogP contribution in [0.2, 0.25) is 0 Å². The Kier molecular flexibility index (Phi) is 2.60. The maximum Gasteiger partial charge on any atom is 0.168 e. The van der Waals surface area contributed by atoms with Gasteiger partial charge in [-0.1, -0.05) is 32.5 Å². The fraction of sp³-hybridized carbons (Fsp3) is 0.727. The van der Waals surface area contributed by atoms with Gasteiger partial charge in [-0.15, -0.1) is 0 Å². The van der Waals surface area contributed by atoms with Crippen LogP contribution in [0.3, 0.4) is 0 Å². The summed E-state index contributed by atoms with van der Waals surface area (Å²) in [6.07, 6.45) is 1.15. The Labute approximate surface area is 90.5 Å². The van der Waals surface area contributed by atoms with Crippen molar-refractivity contribution in [1.82, 2.24) is 4.90 Å². The van der Waals surface area contributed by atoms with E-state index in [1.807, 2.05) is 0 Å². The molecule has 0 fully saturated rings. The van der Waals surface area contributed by atoms with E-state index in [0.717, 1.165) is 6.42 Å². The minimum atomic E-state index is 0.500. The van der Waals surface area contributed by atoms with E-state index in [-0.39, 0.29) is 0 Å². The van der Waals surface area contributed by atoms with Gasteiger partial charge in [0, 0.05) is 5.70 Å². The predicted octanol–water partition coefficient (Wildman–Crippen LogP) is 3.07. The summed E-state index contributed by atoms with van der Waals surface area (Å²) in [7, 11) is 0. The zero-order valence-corrected chi connectivity index (χ0v) is 10.1.